The molecule has 2 nitrogen and oxygen atoms in total. The quantitative estimate of drug-likeness (QED) is 0.700. The summed E-state index contributed by atoms with van der Waals surface area (Å²) in [5.41, 5.74) is 2.67. The van der Waals surface area contributed by atoms with Crippen LogP contribution in [-0.2, 0) is 11.3 Å². The predicted octanol–water partition coefficient (Wildman–Crippen LogP) is 3.38. The van der Waals surface area contributed by atoms with Crippen LogP contribution in [0, 0.1) is 6.92 Å². The van der Waals surface area contributed by atoms with Crippen LogP contribution in [0.1, 0.15) is 18.4 Å². The highest BCUT2D eigenvalue weighted by Crippen LogP contribution is 2.17. The molecule has 2 aromatic rings. The monoisotopic (exact) mass is 217 g/mol. The molecule has 0 aliphatic rings. The lowest BCUT2D eigenvalue weighted by molar-refractivity contribution is 0.191. The van der Waals surface area contributed by atoms with Crippen molar-refractivity contribution in [3.8, 4) is 0 Å². The number of ether oxygens (including phenoxy) is 1. The number of nitrogens with zero attached hydrogens (tertiary/aromatic N) is 1. The predicted molar refractivity (Wildman–Crippen MR) is 67.8 cm³/mol. The Kier molecular flexibility index (Phi) is 3.62. The van der Waals surface area contributed by atoms with Gasteiger partial charge in [0.15, 0.2) is 0 Å². The van der Waals surface area contributed by atoms with E-state index in [0.717, 1.165) is 19.6 Å². The Morgan fingerprint density at radius 3 is 2.88 bits per heavy atom. The summed E-state index contributed by atoms with van der Waals surface area (Å²) in [7, 11) is 1.76. The number of aromatic nitrogens is 1. The van der Waals surface area contributed by atoms with Gasteiger partial charge in [0.1, 0.15) is 0 Å². The minimum absolute atomic E-state index is 0.859. The first-order valence-corrected chi connectivity index (χ1v) is 5.85. The summed E-state index contributed by atoms with van der Waals surface area (Å²) in [5.74, 6) is 0. The maximum Gasteiger partial charge on any atom is 0.0482 e. The molecule has 0 N–H and O–H groups in total. The second kappa shape index (κ2) is 5.17. The van der Waals surface area contributed by atoms with Crippen LogP contribution in [0.5, 0.6) is 0 Å². The van der Waals surface area contributed by atoms with Crippen LogP contribution in [0.25, 0.3) is 10.9 Å². The number of benzene rings is 1. The number of aryl methyl sites for hydroxylation is 2. The molecule has 0 bridgehead atoms. The van der Waals surface area contributed by atoms with Gasteiger partial charge >= 0.3 is 0 Å². The molecular formula is C14H19NO. The Balaban J connectivity index is 2.09. The average Bonchev–Trinajstić information content (AvgIpc) is 2.67. The maximum atomic E-state index is 5.06. The summed E-state index contributed by atoms with van der Waals surface area (Å²) in [5, 5.41) is 1.33. The largest absolute Gasteiger partial charge is 0.385 e. The van der Waals surface area contributed by atoms with Crippen LogP contribution >= 0.6 is 0 Å². The number of rotatable bonds is 5. The lowest BCUT2D eigenvalue weighted by atomic mass is 10.2. The fraction of sp³-hybridized carbons (Fsp3) is 0.429. The van der Waals surface area contributed by atoms with Gasteiger partial charge in [-0.15, -0.1) is 0 Å². The maximum absolute atomic E-state index is 5.06. The second-order valence-electron chi connectivity index (χ2n) is 4.27. The zero-order chi connectivity index (χ0) is 11.4. The van der Waals surface area contributed by atoms with E-state index in [1.165, 1.54) is 22.9 Å². The van der Waals surface area contributed by atoms with Crippen LogP contribution in [-0.4, -0.2) is 18.3 Å². The summed E-state index contributed by atoms with van der Waals surface area (Å²) >= 11 is 0. The van der Waals surface area contributed by atoms with E-state index < -0.39 is 0 Å². The Hall–Kier alpha value is -1.28. The zero-order valence-electron chi connectivity index (χ0n) is 10.1. The molecule has 0 aliphatic carbocycles. The van der Waals surface area contributed by atoms with Crippen LogP contribution < -0.4 is 0 Å². The Morgan fingerprint density at radius 2 is 2.06 bits per heavy atom. The molecule has 0 spiro atoms. The summed E-state index contributed by atoms with van der Waals surface area (Å²) < 4.78 is 7.39. The van der Waals surface area contributed by atoms with E-state index in [9.17, 15) is 0 Å². The van der Waals surface area contributed by atoms with Gasteiger partial charge in [0.05, 0.1) is 0 Å². The van der Waals surface area contributed by atoms with Crippen molar-refractivity contribution >= 4 is 10.9 Å². The fourth-order valence-corrected chi connectivity index (χ4v) is 2.02. The Morgan fingerprint density at radius 1 is 1.19 bits per heavy atom. The number of methoxy groups -OCH3 is 1. The molecule has 1 aromatic carbocycles. The minimum Gasteiger partial charge on any atom is -0.385 e. The highest BCUT2D eigenvalue weighted by Gasteiger charge is 2.00. The normalized spacial score (nSPS) is 11.1. The minimum atomic E-state index is 0.859. The van der Waals surface area contributed by atoms with Crippen molar-refractivity contribution in [3.63, 3.8) is 0 Å². The van der Waals surface area contributed by atoms with Gasteiger partial charge < -0.3 is 9.30 Å². The third-order valence-corrected chi connectivity index (χ3v) is 2.93. The van der Waals surface area contributed by atoms with Crippen LogP contribution in [0.2, 0.25) is 0 Å². The van der Waals surface area contributed by atoms with Gasteiger partial charge in [-0.05, 0) is 42.8 Å². The van der Waals surface area contributed by atoms with Gasteiger partial charge in [0.25, 0.3) is 0 Å². The van der Waals surface area contributed by atoms with Gasteiger partial charge in [-0.25, -0.2) is 0 Å². The summed E-state index contributed by atoms with van der Waals surface area (Å²) in [6, 6.07) is 8.80. The van der Waals surface area contributed by atoms with E-state index in [4.69, 9.17) is 4.74 Å². The molecule has 0 atom stereocenters. The molecule has 0 saturated carbocycles. The van der Waals surface area contributed by atoms with Crippen molar-refractivity contribution in [3.05, 3.63) is 36.0 Å². The smallest absolute Gasteiger partial charge is 0.0482 e. The zero-order valence-corrected chi connectivity index (χ0v) is 10.1. The number of fused-ring (bicyclic) bond motifs is 1. The van der Waals surface area contributed by atoms with Gasteiger partial charge in [-0.3, -0.25) is 0 Å². The third-order valence-electron chi connectivity index (χ3n) is 2.93. The molecule has 0 radical (unpaired) electrons. The Labute approximate surface area is 96.8 Å². The molecule has 0 aliphatic heterocycles. The van der Waals surface area contributed by atoms with Crippen molar-refractivity contribution in [2.75, 3.05) is 13.7 Å². The topological polar surface area (TPSA) is 14.2 Å². The van der Waals surface area contributed by atoms with Crippen LogP contribution in [0.15, 0.2) is 30.5 Å². The van der Waals surface area contributed by atoms with Crippen LogP contribution in [0.3, 0.4) is 0 Å². The van der Waals surface area contributed by atoms with E-state index in [1.54, 1.807) is 7.11 Å². The van der Waals surface area contributed by atoms with Crippen molar-refractivity contribution in [1.29, 1.82) is 0 Å². The molecule has 0 fully saturated rings. The van der Waals surface area contributed by atoms with E-state index in [-0.39, 0.29) is 0 Å². The molecule has 2 heteroatoms. The lowest BCUT2D eigenvalue weighted by Crippen LogP contribution is -1.98. The molecule has 86 valence electrons. The van der Waals surface area contributed by atoms with Gasteiger partial charge in [0.2, 0.25) is 0 Å². The molecule has 0 amide bonds. The van der Waals surface area contributed by atoms with E-state index in [2.05, 4.69) is 42.0 Å². The third kappa shape index (κ3) is 2.45. The van der Waals surface area contributed by atoms with E-state index in [1.807, 2.05) is 0 Å². The highest BCUT2D eigenvalue weighted by atomic mass is 16.5. The summed E-state index contributed by atoms with van der Waals surface area (Å²) in [6.07, 6.45) is 4.48. The first-order valence-electron chi connectivity index (χ1n) is 5.85. The van der Waals surface area contributed by atoms with Gasteiger partial charge in [-0.2, -0.15) is 0 Å². The van der Waals surface area contributed by atoms with Gasteiger partial charge in [-0.1, -0.05) is 12.1 Å². The van der Waals surface area contributed by atoms with E-state index in [0.29, 0.717) is 0 Å². The highest BCUT2D eigenvalue weighted by molar-refractivity contribution is 5.80. The molecular weight excluding hydrogens is 198 g/mol. The molecule has 16 heavy (non-hydrogen) atoms. The first kappa shape index (κ1) is 11.2. The fourth-order valence-electron chi connectivity index (χ4n) is 2.02. The SMILES string of the molecule is COCCCCn1ccc2ccc(C)cc21. The first-order chi connectivity index (χ1) is 7.81. The Bertz CT molecular complexity index is 459. The summed E-state index contributed by atoms with van der Waals surface area (Å²) in [4.78, 5) is 0. The van der Waals surface area contributed by atoms with Crippen LogP contribution in [0.4, 0.5) is 0 Å². The summed E-state index contributed by atoms with van der Waals surface area (Å²) in [6.45, 7) is 4.08. The lowest BCUT2D eigenvalue weighted by Gasteiger charge is -2.05. The molecule has 1 aromatic heterocycles. The van der Waals surface area contributed by atoms with Crippen molar-refractivity contribution in [2.24, 2.45) is 0 Å². The number of hydrogen-bond acceptors (Lipinski definition) is 1. The molecule has 1 heterocycles. The van der Waals surface area contributed by atoms with Gasteiger partial charge in [0, 0.05) is 32.0 Å². The standard InChI is InChI=1S/C14H19NO/c1-12-5-6-13-7-9-15(14(13)11-12)8-3-4-10-16-2/h5-7,9,11H,3-4,8,10H2,1-2H3. The molecule has 0 saturated heterocycles. The van der Waals surface area contributed by atoms with Crippen molar-refractivity contribution in [1.82, 2.24) is 4.57 Å². The van der Waals surface area contributed by atoms with Crippen molar-refractivity contribution in [2.45, 2.75) is 26.3 Å². The second-order valence-corrected chi connectivity index (χ2v) is 4.27. The average molecular weight is 217 g/mol. The number of unbranched alkanes of at least 4 members (excludes halogenated alkanes) is 1. The number of hydrogen-bond donors (Lipinski definition) is 0. The van der Waals surface area contributed by atoms with Crippen molar-refractivity contribution < 1.29 is 4.74 Å². The van der Waals surface area contributed by atoms with E-state index >= 15 is 0 Å². The molecule has 0 unspecified atom stereocenters. The molecule has 2 rings (SSSR count).